The Kier molecular flexibility index (Phi) is 3.31. The van der Waals surface area contributed by atoms with E-state index in [1.165, 1.54) is 5.69 Å². The lowest BCUT2D eigenvalue weighted by Crippen LogP contribution is -2.32. The molecule has 1 aliphatic heterocycles. The molecular weight excluding hydrogens is 216 g/mol. The van der Waals surface area contributed by atoms with Crippen molar-refractivity contribution >= 4 is 5.88 Å². The molecule has 0 saturated heterocycles. The third-order valence-electron chi connectivity index (χ3n) is 2.80. The molecule has 0 unspecified atom stereocenters. The van der Waals surface area contributed by atoms with Crippen LogP contribution in [0, 0.1) is 0 Å². The van der Waals surface area contributed by atoms with E-state index in [1.807, 2.05) is 26.1 Å². The van der Waals surface area contributed by atoms with Gasteiger partial charge >= 0.3 is 0 Å². The number of methoxy groups -OCH3 is 1. The van der Waals surface area contributed by atoms with Gasteiger partial charge in [-0.1, -0.05) is 0 Å². The van der Waals surface area contributed by atoms with Crippen LogP contribution >= 0.6 is 0 Å². The van der Waals surface area contributed by atoms with Crippen molar-refractivity contribution in [3.05, 3.63) is 29.9 Å². The lowest BCUT2D eigenvalue weighted by molar-refractivity contribution is 0.102. The molecular formula is C13H20N2O2. The van der Waals surface area contributed by atoms with Gasteiger partial charge in [-0.15, -0.1) is 0 Å². The first-order valence-electron chi connectivity index (χ1n) is 6.03. The van der Waals surface area contributed by atoms with E-state index in [0.29, 0.717) is 0 Å². The molecule has 94 valence electrons. The van der Waals surface area contributed by atoms with E-state index in [9.17, 15) is 0 Å². The minimum absolute atomic E-state index is 0.127. The van der Waals surface area contributed by atoms with Crippen LogP contribution in [0.2, 0.25) is 0 Å². The van der Waals surface area contributed by atoms with Crippen LogP contribution in [0.4, 0.5) is 0 Å². The van der Waals surface area contributed by atoms with Crippen LogP contribution in [0.15, 0.2) is 24.2 Å². The smallest absolute Gasteiger partial charge is 0.260 e. The minimum Gasteiger partial charge on any atom is -0.479 e. The quantitative estimate of drug-likeness (QED) is 0.803. The predicted molar refractivity (Wildman–Crippen MR) is 67.0 cm³/mol. The zero-order valence-corrected chi connectivity index (χ0v) is 10.9. The number of hydrogen-bond acceptors (Lipinski definition) is 3. The van der Waals surface area contributed by atoms with Gasteiger partial charge in [-0.05, 0) is 32.9 Å². The van der Waals surface area contributed by atoms with E-state index in [2.05, 4.69) is 22.5 Å². The van der Waals surface area contributed by atoms with Crippen LogP contribution in [0.5, 0.6) is 0 Å². The van der Waals surface area contributed by atoms with Gasteiger partial charge in [-0.3, -0.25) is 4.57 Å². The number of ether oxygens (including phenoxy) is 2. The first kappa shape index (κ1) is 11.9. The standard InChI is InChI=1S/C13H20N2O2/c1-5-14-9-11-7-6-8-15(11)13(12(14)16-4)17-10(2)3/h6-8,10H,5,9H2,1-4H3. The fraction of sp³-hybridized carbons (Fsp3) is 0.538. The Labute approximate surface area is 102 Å². The molecule has 0 amide bonds. The largest absolute Gasteiger partial charge is 0.479 e. The van der Waals surface area contributed by atoms with E-state index in [1.54, 1.807) is 7.11 Å². The number of rotatable bonds is 4. The summed E-state index contributed by atoms with van der Waals surface area (Å²) in [7, 11) is 1.69. The van der Waals surface area contributed by atoms with Crippen molar-refractivity contribution in [1.29, 1.82) is 0 Å². The Hall–Kier alpha value is -1.58. The molecule has 0 aromatic carbocycles. The molecule has 0 saturated carbocycles. The number of fused-ring (bicyclic) bond motifs is 1. The zero-order valence-electron chi connectivity index (χ0n) is 10.9. The van der Waals surface area contributed by atoms with Crippen LogP contribution in [0.1, 0.15) is 26.5 Å². The van der Waals surface area contributed by atoms with Crippen molar-refractivity contribution in [2.45, 2.75) is 33.4 Å². The van der Waals surface area contributed by atoms with Gasteiger partial charge in [-0.25, -0.2) is 0 Å². The van der Waals surface area contributed by atoms with Gasteiger partial charge < -0.3 is 14.4 Å². The summed E-state index contributed by atoms with van der Waals surface area (Å²) >= 11 is 0. The molecule has 0 spiro atoms. The maximum Gasteiger partial charge on any atom is 0.260 e. The topological polar surface area (TPSA) is 26.6 Å². The highest BCUT2D eigenvalue weighted by atomic mass is 16.5. The molecule has 0 aliphatic carbocycles. The van der Waals surface area contributed by atoms with Crippen LogP contribution in [-0.4, -0.2) is 29.2 Å². The summed E-state index contributed by atoms with van der Waals surface area (Å²) in [6, 6.07) is 4.14. The molecule has 4 nitrogen and oxygen atoms in total. The van der Waals surface area contributed by atoms with Gasteiger partial charge in [-0.2, -0.15) is 0 Å². The molecule has 0 fully saturated rings. The van der Waals surface area contributed by atoms with Crippen molar-refractivity contribution in [3.8, 4) is 0 Å². The van der Waals surface area contributed by atoms with Crippen LogP contribution in [0.25, 0.3) is 5.88 Å². The third kappa shape index (κ3) is 2.12. The van der Waals surface area contributed by atoms with Gasteiger partial charge in [0.2, 0.25) is 0 Å². The first-order valence-corrected chi connectivity index (χ1v) is 6.03. The highest BCUT2D eigenvalue weighted by Crippen LogP contribution is 2.28. The fourth-order valence-electron chi connectivity index (χ4n) is 2.05. The van der Waals surface area contributed by atoms with Gasteiger partial charge in [0.15, 0.2) is 0 Å². The maximum atomic E-state index is 5.89. The maximum absolute atomic E-state index is 5.89. The highest BCUT2D eigenvalue weighted by molar-refractivity contribution is 5.45. The minimum atomic E-state index is 0.127. The van der Waals surface area contributed by atoms with Crippen LogP contribution in [-0.2, 0) is 16.0 Å². The van der Waals surface area contributed by atoms with Crippen LogP contribution in [0.3, 0.4) is 0 Å². The molecule has 2 heterocycles. The van der Waals surface area contributed by atoms with Crippen molar-refractivity contribution in [2.24, 2.45) is 0 Å². The van der Waals surface area contributed by atoms with E-state index in [4.69, 9.17) is 9.47 Å². The summed E-state index contributed by atoms with van der Waals surface area (Å²) in [5, 5.41) is 0. The predicted octanol–water partition coefficient (Wildman–Crippen LogP) is 2.48. The van der Waals surface area contributed by atoms with E-state index >= 15 is 0 Å². The first-order chi connectivity index (χ1) is 8.17. The molecule has 0 N–H and O–H groups in total. The summed E-state index contributed by atoms with van der Waals surface area (Å²) in [4.78, 5) is 2.17. The van der Waals surface area contributed by atoms with Crippen molar-refractivity contribution in [2.75, 3.05) is 13.7 Å². The molecule has 2 rings (SSSR count). The molecule has 0 radical (unpaired) electrons. The van der Waals surface area contributed by atoms with Crippen LogP contribution < -0.4 is 0 Å². The summed E-state index contributed by atoms with van der Waals surface area (Å²) in [5.41, 5.74) is 1.23. The average Bonchev–Trinajstić information content (AvgIpc) is 2.75. The van der Waals surface area contributed by atoms with Gasteiger partial charge in [0.05, 0.1) is 19.8 Å². The highest BCUT2D eigenvalue weighted by Gasteiger charge is 2.26. The normalized spacial score (nSPS) is 15.2. The number of nitrogens with zero attached hydrogens (tertiary/aromatic N) is 2. The second-order valence-corrected chi connectivity index (χ2v) is 4.36. The average molecular weight is 236 g/mol. The Morgan fingerprint density at radius 3 is 2.71 bits per heavy atom. The lowest BCUT2D eigenvalue weighted by Gasteiger charge is -2.32. The van der Waals surface area contributed by atoms with E-state index in [0.717, 1.165) is 24.9 Å². The number of hydrogen-bond donors (Lipinski definition) is 0. The van der Waals surface area contributed by atoms with E-state index < -0.39 is 0 Å². The summed E-state index contributed by atoms with van der Waals surface area (Å²) in [6.45, 7) is 7.92. The lowest BCUT2D eigenvalue weighted by atomic mass is 10.3. The van der Waals surface area contributed by atoms with Crippen molar-refractivity contribution < 1.29 is 9.47 Å². The second-order valence-electron chi connectivity index (χ2n) is 4.36. The van der Waals surface area contributed by atoms with Gasteiger partial charge in [0.1, 0.15) is 0 Å². The van der Waals surface area contributed by atoms with E-state index in [-0.39, 0.29) is 6.10 Å². The van der Waals surface area contributed by atoms with Crippen molar-refractivity contribution in [3.63, 3.8) is 0 Å². The SMILES string of the molecule is CCN1Cc2cccn2C(OC(C)C)=C1OC. The molecule has 0 bridgehead atoms. The molecule has 4 heteroatoms. The molecule has 0 atom stereocenters. The second kappa shape index (κ2) is 4.73. The Balaban J connectivity index is 2.45. The van der Waals surface area contributed by atoms with Gasteiger partial charge in [0, 0.05) is 18.4 Å². The molecule has 1 aliphatic rings. The summed E-state index contributed by atoms with van der Waals surface area (Å²) in [5.74, 6) is 1.60. The summed E-state index contributed by atoms with van der Waals surface area (Å²) in [6.07, 6.45) is 2.14. The van der Waals surface area contributed by atoms with Crippen molar-refractivity contribution in [1.82, 2.24) is 9.47 Å². The molecule has 17 heavy (non-hydrogen) atoms. The summed E-state index contributed by atoms with van der Waals surface area (Å²) < 4.78 is 13.4. The molecule has 1 aromatic heterocycles. The zero-order chi connectivity index (χ0) is 12.4. The Bertz CT molecular complexity index is 421. The third-order valence-corrected chi connectivity index (χ3v) is 2.80. The Morgan fingerprint density at radius 2 is 2.12 bits per heavy atom. The Morgan fingerprint density at radius 1 is 1.35 bits per heavy atom. The fourth-order valence-corrected chi connectivity index (χ4v) is 2.05. The van der Waals surface area contributed by atoms with Gasteiger partial charge in [0.25, 0.3) is 11.8 Å². The number of aromatic nitrogens is 1. The monoisotopic (exact) mass is 236 g/mol. The molecule has 1 aromatic rings.